The molecule has 0 aromatic heterocycles. The highest BCUT2D eigenvalue weighted by atomic mass is 32.2. The van der Waals surface area contributed by atoms with Gasteiger partial charge in [-0.3, -0.25) is 14.3 Å². The number of carbonyl (C=O) groups is 2. The van der Waals surface area contributed by atoms with E-state index < -0.39 is 10.0 Å². The van der Waals surface area contributed by atoms with Gasteiger partial charge in [-0.15, -0.1) is 0 Å². The molecule has 2 rings (SSSR count). The van der Waals surface area contributed by atoms with Crippen molar-refractivity contribution < 1.29 is 22.7 Å². The maximum atomic E-state index is 12.4. The Kier molecular flexibility index (Phi) is 7.39. The third-order valence-corrected chi connectivity index (χ3v) is 5.69. The lowest BCUT2D eigenvalue weighted by molar-refractivity contribution is -0.116. The highest BCUT2D eigenvalue weighted by molar-refractivity contribution is 7.92. The summed E-state index contributed by atoms with van der Waals surface area (Å²) in [5.74, 6) is -0.176. The fourth-order valence-electron chi connectivity index (χ4n) is 2.71. The molecular weight excluding hydrogens is 392 g/mol. The van der Waals surface area contributed by atoms with Gasteiger partial charge in [0.05, 0.1) is 18.6 Å². The predicted molar refractivity (Wildman–Crippen MR) is 114 cm³/mol. The van der Waals surface area contributed by atoms with E-state index in [2.05, 4.69) is 10.0 Å². The molecule has 0 aliphatic heterocycles. The molecule has 156 valence electrons. The summed E-state index contributed by atoms with van der Waals surface area (Å²) in [6, 6.07) is 10.3. The molecule has 0 bridgehead atoms. The lowest BCUT2D eigenvalue weighted by Crippen LogP contribution is -2.16. The van der Waals surface area contributed by atoms with Gasteiger partial charge >= 0.3 is 0 Å². The number of ketones is 1. The second-order valence-electron chi connectivity index (χ2n) is 6.71. The van der Waals surface area contributed by atoms with Crippen LogP contribution in [0.2, 0.25) is 0 Å². The molecule has 0 heterocycles. The van der Waals surface area contributed by atoms with Crippen LogP contribution in [0.15, 0.2) is 36.4 Å². The van der Waals surface area contributed by atoms with Crippen LogP contribution in [0.3, 0.4) is 0 Å². The molecule has 2 aromatic carbocycles. The van der Waals surface area contributed by atoms with Crippen LogP contribution >= 0.6 is 0 Å². The van der Waals surface area contributed by atoms with Gasteiger partial charge in [0.15, 0.2) is 5.78 Å². The van der Waals surface area contributed by atoms with Crippen molar-refractivity contribution in [3.63, 3.8) is 0 Å². The van der Waals surface area contributed by atoms with Crippen molar-refractivity contribution >= 4 is 33.1 Å². The van der Waals surface area contributed by atoms with Crippen molar-refractivity contribution in [1.82, 2.24) is 0 Å². The second-order valence-corrected chi connectivity index (χ2v) is 8.72. The minimum atomic E-state index is -3.45. The number of anilines is 2. The van der Waals surface area contributed by atoms with E-state index in [-0.39, 0.29) is 41.7 Å². The van der Waals surface area contributed by atoms with Crippen molar-refractivity contribution in [2.45, 2.75) is 33.6 Å². The fourth-order valence-corrected chi connectivity index (χ4v) is 3.36. The Labute approximate surface area is 171 Å². The van der Waals surface area contributed by atoms with Gasteiger partial charge in [-0.25, -0.2) is 8.42 Å². The number of hydrogen-bond donors (Lipinski definition) is 2. The van der Waals surface area contributed by atoms with Gasteiger partial charge in [0, 0.05) is 30.2 Å². The fraction of sp³-hybridized carbons (Fsp3) is 0.333. The number of amides is 1. The topological polar surface area (TPSA) is 102 Å². The molecule has 0 fully saturated rings. The van der Waals surface area contributed by atoms with Gasteiger partial charge in [0.2, 0.25) is 15.9 Å². The van der Waals surface area contributed by atoms with Crippen LogP contribution in [0.25, 0.3) is 0 Å². The van der Waals surface area contributed by atoms with E-state index in [4.69, 9.17) is 4.74 Å². The summed E-state index contributed by atoms with van der Waals surface area (Å²) in [5.41, 5.74) is 3.25. The standard InChI is InChI=1S/C21H26N2O5S/c1-5-29(26,27)23-18-9-8-16(13-20(18)28-4)22-21(25)11-10-19(24)17-12-14(2)6-7-15(17)3/h6-9,12-13,23H,5,10-11H2,1-4H3,(H,22,25). The van der Waals surface area contributed by atoms with Gasteiger partial charge in [0.25, 0.3) is 0 Å². The molecule has 0 aliphatic rings. The second kappa shape index (κ2) is 9.56. The number of sulfonamides is 1. The number of nitrogens with one attached hydrogen (secondary N) is 2. The Balaban J connectivity index is 2.01. The van der Waals surface area contributed by atoms with E-state index in [1.165, 1.54) is 26.2 Å². The number of rotatable bonds is 9. The third-order valence-electron chi connectivity index (χ3n) is 4.40. The smallest absolute Gasteiger partial charge is 0.232 e. The molecule has 0 spiro atoms. The quantitative estimate of drug-likeness (QED) is 0.605. The summed E-state index contributed by atoms with van der Waals surface area (Å²) in [7, 11) is -2.04. The average Bonchev–Trinajstić information content (AvgIpc) is 2.69. The lowest BCUT2D eigenvalue weighted by atomic mass is 9.99. The van der Waals surface area contributed by atoms with Crippen molar-refractivity contribution in [2.75, 3.05) is 22.9 Å². The van der Waals surface area contributed by atoms with Crippen LogP contribution in [0, 0.1) is 13.8 Å². The van der Waals surface area contributed by atoms with Crippen LogP contribution in [0.5, 0.6) is 5.75 Å². The van der Waals surface area contributed by atoms with Crippen LogP contribution in [0.1, 0.15) is 41.3 Å². The number of benzene rings is 2. The largest absolute Gasteiger partial charge is 0.494 e. The molecule has 29 heavy (non-hydrogen) atoms. The first-order chi connectivity index (χ1) is 13.6. The zero-order valence-electron chi connectivity index (χ0n) is 17.0. The number of carbonyl (C=O) groups excluding carboxylic acids is 2. The van der Waals surface area contributed by atoms with Gasteiger partial charge in [-0.1, -0.05) is 17.7 Å². The molecule has 0 saturated heterocycles. The zero-order chi connectivity index (χ0) is 21.6. The molecule has 0 atom stereocenters. The van der Waals surface area contributed by atoms with Crippen LogP contribution in [-0.4, -0.2) is 33.0 Å². The SMILES string of the molecule is CCS(=O)(=O)Nc1ccc(NC(=O)CCC(=O)c2cc(C)ccc2C)cc1OC. The first kappa shape index (κ1) is 22.4. The van der Waals surface area contributed by atoms with E-state index in [1.54, 1.807) is 6.07 Å². The maximum Gasteiger partial charge on any atom is 0.232 e. The molecule has 0 radical (unpaired) electrons. The molecule has 0 saturated carbocycles. The van der Waals surface area contributed by atoms with Crippen LogP contribution < -0.4 is 14.8 Å². The number of methoxy groups -OCH3 is 1. The molecular formula is C21H26N2O5S. The van der Waals surface area contributed by atoms with E-state index >= 15 is 0 Å². The normalized spacial score (nSPS) is 11.0. The first-order valence-corrected chi connectivity index (χ1v) is 10.9. The minimum absolute atomic E-state index is 0.0404. The highest BCUT2D eigenvalue weighted by Gasteiger charge is 2.14. The van der Waals surface area contributed by atoms with Gasteiger partial charge in [0.1, 0.15) is 5.75 Å². The summed E-state index contributed by atoms with van der Waals surface area (Å²) in [5, 5.41) is 2.71. The Bertz CT molecular complexity index is 1020. The van der Waals surface area contributed by atoms with Crippen LogP contribution in [-0.2, 0) is 14.8 Å². The molecule has 0 aliphatic carbocycles. The maximum absolute atomic E-state index is 12.4. The van der Waals surface area contributed by atoms with E-state index in [0.717, 1.165) is 11.1 Å². The number of aryl methyl sites for hydroxylation is 2. The van der Waals surface area contributed by atoms with E-state index in [9.17, 15) is 18.0 Å². The monoisotopic (exact) mass is 418 g/mol. The highest BCUT2D eigenvalue weighted by Crippen LogP contribution is 2.29. The van der Waals surface area contributed by atoms with Crippen LogP contribution in [0.4, 0.5) is 11.4 Å². The van der Waals surface area contributed by atoms with Gasteiger partial charge < -0.3 is 10.1 Å². The van der Waals surface area contributed by atoms with E-state index in [1.807, 2.05) is 32.0 Å². The molecule has 2 aromatic rings. The Morgan fingerprint density at radius 1 is 1.03 bits per heavy atom. The number of ether oxygens (including phenoxy) is 1. The molecule has 7 nitrogen and oxygen atoms in total. The summed E-state index contributed by atoms with van der Waals surface area (Å²) >= 11 is 0. The van der Waals surface area contributed by atoms with Crippen molar-refractivity contribution in [3.05, 3.63) is 53.1 Å². The Hall–Kier alpha value is -2.87. The van der Waals surface area contributed by atoms with E-state index in [0.29, 0.717) is 11.3 Å². The number of hydrogen-bond acceptors (Lipinski definition) is 5. The molecule has 2 N–H and O–H groups in total. The molecule has 0 unspecified atom stereocenters. The molecule has 1 amide bonds. The Morgan fingerprint density at radius 2 is 1.76 bits per heavy atom. The zero-order valence-corrected chi connectivity index (χ0v) is 17.9. The molecule has 8 heteroatoms. The summed E-state index contributed by atoms with van der Waals surface area (Å²) in [6.07, 6.45) is 0.139. The summed E-state index contributed by atoms with van der Waals surface area (Å²) in [6.45, 7) is 5.32. The average molecular weight is 419 g/mol. The number of Topliss-reactive ketones (excluding diaryl/α,β-unsaturated/α-hetero) is 1. The van der Waals surface area contributed by atoms with Gasteiger partial charge in [-0.2, -0.15) is 0 Å². The van der Waals surface area contributed by atoms with Crippen molar-refractivity contribution in [2.24, 2.45) is 0 Å². The minimum Gasteiger partial charge on any atom is -0.494 e. The van der Waals surface area contributed by atoms with Crippen molar-refractivity contribution in [1.29, 1.82) is 0 Å². The summed E-state index contributed by atoms with van der Waals surface area (Å²) in [4.78, 5) is 24.7. The Morgan fingerprint density at radius 3 is 2.41 bits per heavy atom. The summed E-state index contributed by atoms with van der Waals surface area (Å²) < 4.78 is 31.1. The third kappa shape index (κ3) is 6.32. The predicted octanol–water partition coefficient (Wildman–Crippen LogP) is 3.68. The lowest BCUT2D eigenvalue weighted by Gasteiger charge is -2.13. The van der Waals surface area contributed by atoms with Crippen molar-refractivity contribution in [3.8, 4) is 5.75 Å². The van der Waals surface area contributed by atoms with Gasteiger partial charge in [-0.05, 0) is 44.5 Å². The first-order valence-electron chi connectivity index (χ1n) is 9.24.